The molecule has 1 aliphatic carbocycles. The third-order valence-corrected chi connectivity index (χ3v) is 13.3. The molecule has 70 heavy (non-hydrogen) atoms. The van der Waals surface area contributed by atoms with Crippen LogP contribution in [0.2, 0.25) is 5.02 Å². The molecule has 0 saturated heterocycles. The quantitative estimate of drug-likeness (QED) is 0.0483. The fourth-order valence-electron chi connectivity index (χ4n) is 7.86. The number of nitrogens with one attached hydrogen (secondary N) is 1. The van der Waals surface area contributed by atoms with Crippen molar-refractivity contribution in [1.29, 1.82) is 0 Å². The number of hydrogen-bond donors (Lipinski definition) is 2. The third-order valence-electron chi connectivity index (χ3n) is 11.0. The molecule has 0 radical (unpaired) electrons. The standard InChI is InChI=1S/C44H43ClF10N10O3S2/c1-23-19-42(48,49)38-33(23)37(44(53,54)55)60-63(38)20-32(66)59-31(17-24-15-25(46)18-26(47)16-24)35-28(8-7-27(58-35)11-12-41(2,3)69-5)29-9-10-30(45)34-36(29)64(21-43(50,51)52)61-39(34)65(70(6)68)40(67)62(4)14-13-57-22-56/h7-10,15-16,18,22-23,31H,13-14,17,19-21H2,1-6H3,(H2,56,57)(H,59,66)/t23-,31?,70?/m0/s1. The lowest BCUT2D eigenvalue weighted by Gasteiger charge is -2.24. The SMILES string of the molecule is CSC(C)(C)C#Cc1ccc(-c2ccc(Cl)c3c(N(C(=O)N(C)CCN=CN)S(C)=O)nn(CC(F)(F)F)c23)c(C(Cc2cc(F)cc(F)c2)NC(=O)Cn2nc(C(F)(F)F)c3c2C(F)(F)C[C@@H]3C)n1. The number of carbonyl (C=O) groups is 2. The van der Waals surface area contributed by atoms with Crippen LogP contribution in [0, 0.1) is 23.5 Å². The zero-order chi connectivity index (χ0) is 51.8. The van der Waals surface area contributed by atoms with Crippen molar-refractivity contribution in [2.24, 2.45) is 10.7 Å². The molecule has 0 saturated carbocycles. The van der Waals surface area contributed by atoms with Crippen LogP contribution in [-0.2, 0) is 47.4 Å². The number of aromatic nitrogens is 5. The predicted octanol–water partition coefficient (Wildman–Crippen LogP) is 9.14. The molecule has 376 valence electrons. The van der Waals surface area contributed by atoms with Crippen LogP contribution in [0.5, 0.6) is 0 Å². The van der Waals surface area contributed by atoms with E-state index in [4.69, 9.17) is 22.3 Å². The van der Waals surface area contributed by atoms with E-state index in [-0.39, 0.29) is 56.3 Å². The van der Waals surface area contributed by atoms with Gasteiger partial charge < -0.3 is 16.0 Å². The van der Waals surface area contributed by atoms with Gasteiger partial charge >= 0.3 is 18.4 Å². The number of aliphatic imine (C=N–C) groups is 1. The molecule has 0 spiro atoms. The minimum Gasteiger partial charge on any atom is -0.390 e. The highest BCUT2D eigenvalue weighted by Crippen LogP contribution is 2.52. The number of amides is 3. The topological polar surface area (TPSA) is 157 Å². The molecule has 13 nitrogen and oxygen atoms in total. The Morgan fingerprint density at radius 2 is 1.73 bits per heavy atom. The van der Waals surface area contributed by atoms with Gasteiger partial charge in [-0.1, -0.05) is 30.5 Å². The first kappa shape index (κ1) is 53.5. The van der Waals surface area contributed by atoms with E-state index in [0.29, 0.717) is 15.1 Å². The molecule has 1 aliphatic rings. The fourth-order valence-corrected chi connectivity index (χ4v) is 8.98. The first-order valence-electron chi connectivity index (χ1n) is 20.8. The summed E-state index contributed by atoms with van der Waals surface area (Å²) in [6.07, 6.45) is -7.93. The van der Waals surface area contributed by atoms with E-state index in [9.17, 15) is 48.9 Å². The van der Waals surface area contributed by atoms with Crippen molar-refractivity contribution >= 4 is 69.3 Å². The average molecular weight is 1050 g/mol. The molecule has 3 atom stereocenters. The second kappa shape index (κ2) is 20.5. The van der Waals surface area contributed by atoms with Crippen LogP contribution >= 0.6 is 23.4 Å². The minimum atomic E-state index is -5.19. The van der Waals surface area contributed by atoms with Crippen LogP contribution in [0.25, 0.3) is 22.0 Å². The number of alkyl halides is 8. The monoisotopic (exact) mass is 1050 g/mol. The molecule has 3 heterocycles. The average Bonchev–Trinajstić information content (AvgIpc) is 3.89. The van der Waals surface area contributed by atoms with Crippen molar-refractivity contribution < 1.29 is 57.7 Å². The van der Waals surface area contributed by atoms with Crippen molar-refractivity contribution in [2.45, 2.75) is 81.7 Å². The largest absolute Gasteiger partial charge is 0.435 e. The summed E-state index contributed by atoms with van der Waals surface area (Å²) in [6, 6.07) is 4.93. The summed E-state index contributed by atoms with van der Waals surface area (Å²) in [7, 11) is -1.01. The summed E-state index contributed by atoms with van der Waals surface area (Å²) < 4.78 is 161. The number of halogens is 11. The van der Waals surface area contributed by atoms with Gasteiger partial charge in [0.15, 0.2) is 11.5 Å². The zero-order valence-electron chi connectivity index (χ0n) is 37.9. The maximum absolute atomic E-state index is 15.4. The molecule has 3 aromatic heterocycles. The molecule has 0 fully saturated rings. The Balaban J connectivity index is 1.62. The van der Waals surface area contributed by atoms with Gasteiger partial charge in [0.05, 0.1) is 45.3 Å². The molecular formula is C44H43ClF10N10O3S2. The number of thioether (sulfide) groups is 1. The molecule has 0 aliphatic heterocycles. The molecule has 6 rings (SSSR count). The van der Waals surface area contributed by atoms with Gasteiger partial charge in [-0.25, -0.2) is 22.8 Å². The lowest BCUT2D eigenvalue weighted by molar-refractivity contribution is -0.143. The molecule has 26 heteroatoms. The van der Waals surface area contributed by atoms with E-state index < -0.39 is 124 Å². The van der Waals surface area contributed by atoms with Gasteiger partial charge in [-0.15, -0.1) is 11.8 Å². The van der Waals surface area contributed by atoms with Gasteiger partial charge in [-0.2, -0.15) is 49.6 Å². The highest BCUT2D eigenvalue weighted by molar-refractivity contribution is 8.00. The van der Waals surface area contributed by atoms with Crippen LogP contribution in [0.3, 0.4) is 0 Å². The molecule has 3 N–H and O–H groups in total. The molecule has 5 aromatic rings. The zero-order valence-corrected chi connectivity index (χ0v) is 40.3. The minimum absolute atomic E-state index is 0.00579. The highest BCUT2D eigenvalue weighted by Gasteiger charge is 2.53. The molecule has 2 unspecified atom stereocenters. The maximum atomic E-state index is 15.4. The number of fused-ring (bicyclic) bond motifs is 2. The highest BCUT2D eigenvalue weighted by atomic mass is 35.5. The smallest absolute Gasteiger partial charge is 0.390 e. The number of hydrogen-bond acceptors (Lipinski definition) is 8. The van der Waals surface area contributed by atoms with Crippen molar-refractivity contribution in [3.8, 4) is 23.0 Å². The number of nitrogens with two attached hydrogens (primary N) is 1. The molecule has 3 amide bonds. The van der Waals surface area contributed by atoms with E-state index in [1.807, 2.05) is 0 Å². The molecule has 0 bridgehead atoms. The van der Waals surface area contributed by atoms with Gasteiger partial charge in [-0.3, -0.25) is 19.2 Å². The van der Waals surface area contributed by atoms with Gasteiger partial charge in [0.2, 0.25) is 5.91 Å². The van der Waals surface area contributed by atoms with E-state index in [1.54, 1.807) is 20.1 Å². The maximum Gasteiger partial charge on any atom is 0.435 e. The van der Waals surface area contributed by atoms with Gasteiger partial charge in [-0.05, 0) is 74.3 Å². The summed E-state index contributed by atoms with van der Waals surface area (Å²) in [4.78, 5) is 37.6. The predicted molar refractivity (Wildman–Crippen MR) is 246 cm³/mol. The molecule has 2 aromatic carbocycles. The summed E-state index contributed by atoms with van der Waals surface area (Å²) >= 11 is 8.10. The Kier molecular flexibility index (Phi) is 15.6. The lowest BCUT2D eigenvalue weighted by atomic mass is 9.93. The van der Waals surface area contributed by atoms with E-state index in [2.05, 4.69) is 32.3 Å². The normalized spacial score (nSPS) is 15.7. The number of rotatable bonds is 14. The Hall–Kier alpha value is -5.87. The number of benzene rings is 2. The van der Waals surface area contributed by atoms with Gasteiger partial charge in [0, 0.05) is 49.0 Å². The third kappa shape index (κ3) is 11.8. The Bertz CT molecular complexity index is 2930. The van der Waals surface area contributed by atoms with Crippen LogP contribution in [0.15, 0.2) is 47.5 Å². The number of urea groups is 1. The number of nitrogens with zero attached hydrogens (tertiary/aromatic N) is 8. The van der Waals surface area contributed by atoms with E-state index in [1.165, 1.54) is 43.1 Å². The number of carbonyl (C=O) groups excluding carboxylic acids is 2. The summed E-state index contributed by atoms with van der Waals surface area (Å²) in [6.45, 7) is 1.59. The fraction of sp³-hybridized carbons (Fsp3) is 0.409. The first-order chi connectivity index (χ1) is 32.5. The van der Waals surface area contributed by atoms with Crippen molar-refractivity contribution in [2.75, 3.05) is 37.0 Å². The van der Waals surface area contributed by atoms with Gasteiger partial charge in [0.25, 0.3) is 5.92 Å². The summed E-state index contributed by atoms with van der Waals surface area (Å²) in [5, 5.41) is 9.50. The second-order valence-corrected chi connectivity index (χ2v) is 19.7. The van der Waals surface area contributed by atoms with E-state index in [0.717, 1.165) is 36.6 Å². The van der Waals surface area contributed by atoms with Gasteiger partial charge in [0.1, 0.15) is 47.1 Å². The first-order valence-corrected chi connectivity index (χ1v) is 23.9. The number of anilines is 1. The van der Waals surface area contributed by atoms with E-state index >= 15 is 8.78 Å². The number of likely N-dealkylation sites (N-methyl/N-ethyl adjacent to an activating group) is 1. The second-order valence-electron chi connectivity index (χ2n) is 16.7. The molecular weight excluding hydrogens is 1010 g/mol. The van der Waals surface area contributed by atoms with Crippen LogP contribution in [0.1, 0.15) is 73.1 Å². The van der Waals surface area contributed by atoms with Crippen molar-refractivity contribution in [3.63, 3.8) is 0 Å². The lowest BCUT2D eigenvalue weighted by Crippen LogP contribution is -2.43. The summed E-state index contributed by atoms with van der Waals surface area (Å²) in [5.74, 6) is -3.17. The van der Waals surface area contributed by atoms with Crippen LogP contribution < -0.4 is 15.4 Å². The van der Waals surface area contributed by atoms with Crippen LogP contribution in [0.4, 0.5) is 54.5 Å². The Morgan fingerprint density at radius 1 is 1.07 bits per heavy atom. The van der Waals surface area contributed by atoms with Crippen molar-refractivity contribution in [1.82, 2.24) is 34.8 Å². The Labute approximate surface area is 405 Å². The van der Waals surface area contributed by atoms with Crippen LogP contribution in [-0.4, -0.2) is 95.5 Å². The summed E-state index contributed by atoms with van der Waals surface area (Å²) in [5.41, 5.74) is 0.691. The van der Waals surface area contributed by atoms with Crippen molar-refractivity contribution in [3.05, 3.63) is 93.0 Å². The Morgan fingerprint density at radius 3 is 2.33 bits per heavy atom. The number of pyridine rings is 1.